The van der Waals surface area contributed by atoms with Crippen molar-refractivity contribution in [3.8, 4) is 0 Å². The van der Waals surface area contributed by atoms with E-state index in [0.29, 0.717) is 42.3 Å². The number of rotatable bonds is 5. The van der Waals surface area contributed by atoms with Crippen LogP contribution in [0.15, 0.2) is 59.5 Å². The molecule has 0 aliphatic carbocycles. The molecule has 1 fully saturated rings. The Morgan fingerprint density at radius 1 is 1.07 bits per heavy atom. The lowest BCUT2D eigenvalue weighted by Crippen LogP contribution is -2.48. The van der Waals surface area contributed by atoms with Crippen LogP contribution in [-0.4, -0.2) is 50.0 Å². The molecule has 2 aromatic carbocycles. The molecule has 0 amide bonds. The molecule has 0 radical (unpaired) electrons. The molecule has 0 atom stereocenters. The van der Waals surface area contributed by atoms with Gasteiger partial charge in [0.05, 0.1) is 4.90 Å². The molecule has 0 saturated carbocycles. The molecule has 8 heteroatoms. The Kier molecular flexibility index (Phi) is 6.07. The maximum atomic E-state index is 13.0. The Morgan fingerprint density at radius 3 is 2.39 bits per heavy atom. The molecule has 1 N–H and O–H groups in total. The summed E-state index contributed by atoms with van der Waals surface area (Å²) in [5.41, 5.74) is 2.04. The summed E-state index contributed by atoms with van der Waals surface area (Å²) < 4.78 is 27.5. The highest BCUT2D eigenvalue weighted by atomic mass is 35.5. The third-order valence-electron chi connectivity index (χ3n) is 4.68. The van der Waals surface area contributed by atoms with E-state index in [9.17, 15) is 13.2 Å². The monoisotopic (exact) mass is 420 g/mol. The molecular formula is C20H21ClN2O4S. The summed E-state index contributed by atoms with van der Waals surface area (Å²) >= 11 is 6.04. The van der Waals surface area contributed by atoms with Crippen LogP contribution in [0.5, 0.6) is 0 Å². The molecule has 2 aromatic rings. The number of carbonyl (C=O) groups is 1. The zero-order valence-electron chi connectivity index (χ0n) is 15.4. The van der Waals surface area contributed by atoms with Crippen molar-refractivity contribution in [1.29, 1.82) is 0 Å². The smallest absolute Gasteiger partial charge is 0.328 e. The van der Waals surface area contributed by atoms with Crippen molar-refractivity contribution in [3.63, 3.8) is 0 Å². The van der Waals surface area contributed by atoms with E-state index in [4.69, 9.17) is 16.7 Å². The summed E-state index contributed by atoms with van der Waals surface area (Å²) in [5.74, 6) is -1.07. The summed E-state index contributed by atoms with van der Waals surface area (Å²) in [6, 6.07) is 13.9. The number of anilines is 1. The Morgan fingerprint density at radius 2 is 1.75 bits per heavy atom. The van der Waals surface area contributed by atoms with E-state index in [1.807, 2.05) is 18.2 Å². The quantitative estimate of drug-likeness (QED) is 0.750. The van der Waals surface area contributed by atoms with Gasteiger partial charge in [-0.05, 0) is 48.4 Å². The first-order valence-corrected chi connectivity index (χ1v) is 10.6. The van der Waals surface area contributed by atoms with Crippen LogP contribution in [-0.2, 0) is 14.8 Å². The molecule has 28 heavy (non-hydrogen) atoms. The predicted octanol–water partition coefficient (Wildman–Crippen LogP) is 3.34. The molecule has 1 aliphatic heterocycles. The minimum absolute atomic E-state index is 0.166. The van der Waals surface area contributed by atoms with E-state index in [1.54, 1.807) is 25.1 Å². The number of allylic oxidation sites excluding steroid dienone is 1. The van der Waals surface area contributed by atoms with E-state index >= 15 is 0 Å². The average Bonchev–Trinajstić information content (AvgIpc) is 2.67. The van der Waals surface area contributed by atoms with Crippen LogP contribution in [0, 0.1) is 0 Å². The van der Waals surface area contributed by atoms with Crippen molar-refractivity contribution in [2.24, 2.45) is 0 Å². The van der Waals surface area contributed by atoms with E-state index < -0.39 is 16.0 Å². The lowest BCUT2D eigenvalue weighted by molar-refractivity contribution is -0.131. The van der Waals surface area contributed by atoms with Gasteiger partial charge < -0.3 is 10.0 Å². The Balaban J connectivity index is 1.77. The van der Waals surface area contributed by atoms with Crippen LogP contribution in [0.25, 0.3) is 5.57 Å². The highest BCUT2D eigenvalue weighted by Crippen LogP contribution is 2.25. The first-order valence-electron chi connectivity index (χ1n) is 8.80. The third-order valence-corrected chi connectivity index (χ3v) is 6.81. The van der Waals surface area contributed by atoms with Gasteiger partial charge in [-0.25, -0.2) is 13.2 Å². The van der Waals surface area contributed by atoms with Gasteiger partial charge in [0, 0.05) is 43.0 Å². The normalized spacial score (nSPS) is 16.2. The summed E-state index contributed by atoms with van der Waals surface area (Å²) in [6.45, 7) is 3.50. The number of piperazine rings is 1. The van der Waals surface area contributed by atoms with Crippen molar-refractivity contribution >= 4 is 38.9 Å². The minimum Gasteiger partial charge on any atom is -0.478 e. The molecule has 6 nitrogen and oxygen atoms in total. The van der Waals surface area contributed by atoms with Crippen molar-refractivity contribution in [3.05, 3.63) is 65.2 Å². The van der Waals surface area contributed by atoms with Crippen molar-refractivity contribution in [1.82, 2.24) is 4.31 Å². The van der Waals surface area contributed by atoms with Gasteiger partial charge in [0.1, 0.15) is 0 Å². The molecule has 0 aromatic heterocycles. The van der Waals surface area contributed by atoms with E-state index in [0.717, 1.165) is 11.8 Å². The highest BCUT2D eigenvalue weighted by molar-refractivity contribution is 7.89. The fourth-order valence-electron chi connectivity index (χ4n) is 3.18. The number of aliphatic carboxylic acids is 1. The number of carboxylic acid groups (broad SMARTS) is 1. The molecule has 148 valence electrons. The van der Waals surface area contributed by atoms with Gasteiger partial charge in [0.2, 0.25) is 10.0 Å². The first kappa shape index (κ1) is 20.4. The van der Waals surface area contributed by atoms with Gasteiger partial charge in [0.15, 0.2) is 0 Å². The number of hydrogen-bond donors (Lipinski definition) is 1. The number of carboxylic acids is 1. The zero-order chi connectivity index (χ0) is 20.3. The molecule has 0 spiro atoms. The summed E-state index contributed by atoms with van der Waals surface area (Å²) in [7, 11) is -3.65. The van der Waals surface area contributed by atoms with Crippen LogP contribution >= 0.6 is 11.6 Å². The Bertz CT molecular complexity index is 1010. The number of halogens is 1. The van der Waals surface area contributed by atoms with Gasteiger partial charge in [-0.1, -0.05) is 29.8 Å². The van der Waals surface area contributed by atoms with Gasteiger partial charge >= 0.3 is 5.97 Å². The fraction of sp³-hybridized carbons (Fsp3) is 0.250. The third kappa shape index (κ3) is 4.55. The van der Waals surface area contributed by atoms with Crippen LogP contribution < -0.4 is 4.90 Å². The van der Waals surface area contributed by atoms with Crippen LogP contribution in [0.4, 0.5) is 5.69 Å². The summed E-state index contributed by atoms with van der Waals surface area (Å²) in [6.07, 6.45) is 1.06. The number of benzene rings is 2. The molecular weight excluding hydrogens is 400 g/mol. The second-order valence-electron chi connectivity index (χ2n) is 6.56. The zero-order valence-corrected chi connectivity index (χ0v) is 16.9. The molecule has 0 unspecified atom stereocenters. The Hall–Kier alpha value is -2.35. The van der Waals surface area contributed by atoms with Crippen LogP contribution in [0.1, 0.15) is 12.5 Å². The lowest BCUT2D eigenvalue weighted by Gasteiger charge is -2.35. The topological polar surface area (TPSA) is 77.9 Å². The second kappa shape index (κ2) is 8.34. The predicted molar refractivity (Wildman–Crippen MR) is 110 cm³/mol. The molecule has 1 aliphatic rings. The van der Waals surface area contributed by atoms with E-state index in [1.165, 1.54) is 16.4 Å². The SMILES string of the molecule is C/C(=C\C(=O)O)c1cccc(S(=O)(=O)N2CCN(c3cccc(Cl)c3)CC2)c1. The minimum atomic E-state index is -3.65. The molecule has 1 heterocycles. The van der Waals surface area contributed by atoms with Gasteiger partial charge in [-0.2, -0.15) is 4.31 Å². The molecule has 0 bridgehead atoms. The van der Waals surface area contributed by atoms with Crippen molar-refractivity contribution in [2.75, 3.05) is 31.1 Å². The van der Waals surface area contributed by atoms with Crippen molar-refractivity contribution < 1.29 is 18.3 Å². The first-order chi connectivity index (χ1) is 13.3. The van der Waals surface area contributed by atoms with Crippen molar-refractivity contribution in [2.45, 2.75) is 11.8 Å². The van der Waals surface area contributed by atoms with E-state index in [2.05, 4.69) is 4.90 Å². The van der Waals surface area contributed by atoms with E-state index in [-0.39, 0.29) is 4.90 Å². The summed E-state index contributed by atoms with van der Waals surface area (Å²) in [4.78, 5) is 13.1. The fourth-order valence-corrected chi connectivity index (χ4v) is 4.83. The summed E-state index contributed by atoms with van der Waals surface area (Å²) in [5, 5.41) is 9.55. The standard InChI is InChI=1S/C20H21ClN2O4S/c1-15(12-20(24)25)16-4-2-7-19(13-16)28(26,27)23-10-8-22(9-11-23)18-6-3-5-17(21)14-18/h2-7,12-14H,8-11H2,1H3,(H,24,25)/b15-12+. The number of nitrogens with zero attached hydrogens (tertiary/aromatic N) is 2. The largest absolute Gasteiger partial charge is 0.478 e. The average molecular weight is 421 g/mol. The molecule has 1 saturated heterocycles. The maximum absolute atomic E-state index is 13.0. The lowest BCUT2D eigenvalue weighted by atomic mass is 10.1. The second-order valence-corrected chi connectivity index (χ2v) is 8.94. The van der Waals surface area contributed by atoms with Crippen LogP contribution in [0.2, 0.25) is 5.02 Å². The number of sulfonamides is 1. The number of hydrogen-bond acceptors (Lipinski definition) is 4. The van der Waals surface area contributed by atoms with Gasteiger partial charge in [-0.3, -0.25) is 0 Å². The molecule has 3 rings (SSSR count). The maximum Gasteiger partial charge on any atom is 0.328 e. The Labute approximate surface area is 169 Å². The van der Waals surface area contributed by atoms with Gasteiger partial charge in [0.25, 0.3) is 0 Å². The van der Waals surface area contributed by atoms with Crippen LogP contribution in [0.3, 0.4) is 0 Å². The highest BCUT2D eigenvalue weighted by Gasteiger charge is 2.28. The van der Waals surface area contributed by atoms with Gasteiger partial charge in [-0.15, -0.1) is 0 Å².